The first-order valence-corrected chi connectivity index (χ1v) is 12.2. The van der Waals surface area contributed by atoms with E-state index in [2.05, 4.69) is 17.0 Å². The molecule has 0 aliphatic heterocycles. The van der Waals surface area contributed by atoms with Gasteiger partial charge in [0, 0.05) is 30.3 Å². The van der Waals surface area contributed by atoms with E-state index in [0.29, 0.717) is 24.8 Å². The molecule has 12 heteroatoms. The summed E-state index contributed by atoms with van der Waals surface area (Å²) in [5, 5.41) is 3.05. The quantitative estimate of drug-likeness (QED) is 0.223. The largest absolute Gasteiger partial charge is 0.465 e. The van der Waals surface area contributed by atoms with Gasteiger partial charge < -0.3 is 14.4 Å². The summed E-state index contributed by atoms with van der Waals surface area (Å²) in [5.41, 5.74) is 5.27. The molecule has 1 N–H and O–H groups in total. The van der Waals surface area contributed by atoms with E-state index in [9.17, 15) is 22.8 Å². The highest BCUT2D eigenvalue weighted by molar-refractivity contribution is 6.04. The number of ether oxygens (including phenoxy) is 2. The van der Waals surface area contributed by atoms with E-state index in [1.54, 1.807) is 13.8 Å². The van der Waals surface area contributed by atoms with E-state index in [1.165, 1.54) is 4.90 Å². The third kappa shape index (κ3) is 6.46. The third-order valence-electron chi connectivity index (χ3n) is 6.52. The Balaban J connectivity index is 2.07. The van der Waals surface area contributed by atoms with Gasteiger partial charge in [0.05, 0.1) is 24.9 Å². The van der Waals surface area contributed by atoms with Gasteiger partial charge in [0.25, 0.3) is 0 Å². The van der Waals surface area contributed by atoms with Gasteiger partial charge >= 0.3 is 12.1 Å². The summed E-state index contributed by atoms with van der Waals surface area (Å²) >= 11 is 0. The van der Waals surface area contributed by atoms with E-state index < -0.39 is 41.2 Å². The number of halogens is 4. The molecule has 0 spiro atoms. The Morgan fingerprint density at radius 3 is 2.39 bits per heavy atom. The summed E-state index contributed by atoms with van der Waals surface area (Å²) < 4.78 is 66.4. The maximum absolute atomic E-state index is 15.3. The minimum atomic E-state index is -4.90. The number of esters is 1. The van der Waals surface area contributed by atoms with Crippen LogP contribution in [0.1, 0.15) is 67.9 Å². The smallest absolute Gasteiger partial charge is 0.421 e. The van der Waals surface area contributed by atoms with Gasteiger partial charge in [-0.2, -0.15) is 18.3 Å². The van der Waals surface area contributed by atoms with Gasteiger partial charge in [0.2, 0.25) is 11.8 Å². The first kappa shape index (κ1) is 29.0. The lowest BCUT2D eigenvalue weighted by atomic mass is 9.82. The topological polar surface area (TPSA) is 105 Å². The summed E-state index contributed by atoms with van der Waals surface area (Å²) in [4.78, 5) is 31.2. The number of carbonyl (C=O) groups is 2. The van der Waals surface area contributed by atoms with E-state index >= 15 is 4.39 Å². The molecule has 206 valence electrons. The Kier molecular flexibility index (Phi) is 9.05. The van der Waals surface area contributed by atoms with Crippen molar-refractivity contribution >= 4 is 17.6 Å². The third-order valence-corrected chi connectivity index (χ3v) is 6.52. The number of aromatic nitrogens is 1. The highest BCUT2D eigenvalue weighted by atomic mass is 19.4. The molecule has 1 fully saturated rings. The van der Waals surface area contributed by atoms with Gasteiger partial charge in [-0.15, -0.1) is 0 Å². The van der Waals surface area contributed by atoms with Crippen molar-refractivity contribution in [2.75, 3.05) is 12.0 Å². The van der Waals surface area contributed by atoms with Crippen molar-refractivity contribution < 1.29 is 36.6 Å². The monoisotopic (exact) mass is 538 g/mol. The lowest BCUT2D eigenvalue weighted by Crippen LogP contribution is -2.43. The minimum Gasteiger partial charge on any atom is -0.465 e. The number of methoxy groups -OCH3 is 1. The fourth-order valence-corrected chi connectivity index (χ4v) is 4.51. The molecule has 1 saturated carbocycles. The number of hydrogen-bond donors (Lipinski definition) is 1. The summed E-state index contributed by atoms with van der Waals surface area (Å²) in [6.45, 7) is 5.22. The van der Waals surface area contributed by atoms with Gasteiger partial charge in [-0.05, 0) is 57.1 Å². The molecular formula is C26H30F4N4O4. The molecule has 0 atom stereocenters. The van der Waals surface area contributed by atoms with Crippen molar-refractivity contribution in [2.24, 2.45) is 17.0 Å². The molecule has 1 amide bonds. The number of hydrogen-bond acceptors (Lipinski definition) is 7. The van der Waals surface area contributed by atoms with Crippen LogP contribution in [0.2, 0.25) is 0 Å². The molecule has 38 heavy (non-hydrogen) atoms. The maximum atomic E-state index is 15.3. The van der Waals surface area contributed by atoms with E-state index in [1.807, 2.05) is 0 Å². The van der Waals surface area contributed by atoms with E-state index in [0.717, 1.165) is 38.3 Å². The van der Waals surface area contributed by atoms with Crippen LogP contribution in [-0.4, -0.2) is 30.0 Å². The van der Waals surface area contributed by atoms with Crippen LogP contribution in [0.3, 0.4) is 0 Å². The molecule has 0 saturated heterocycles. The zero-order valence-electron chi connectivity index (χ0n) is 21.6. The number of nitrogens with zero attached hydrogens (tertiary/aromatic N) is 3. The highest BCUT2D eigenvalue weighted by Crippen LogP contribution is 2.40. The number of nitrogens with one attached hydrogen (secondary N) is 1. The molecule has 0 unspecified atom stereocenters. The van der Waals surface area contributed by atoms with Crippen LogP contribution in [0, 0.1) is 23.2 Å². The lowest BCUT2D eigenvalue weighted by Gasteiger charge is -2.34. The van der Waals surface area contributed by atoms with Crippen LogP contribution in [0.5, 0.6) is 11.6 Å². The van der Waals surface area contributed by atoms with Crippen molar-refractivity contribution in [3.8, 4) is 11.6 Å². The first-order valence-electron chi connectivity index (χ1n) is 12.2. The Bertz CT molecular complexity index is 1190. The maximum Gasteiger partial charge on any atom is 0.421 e. The number of alkyl halides is 3. The number of carbonyl (C=O) groups excluding carboxylic acids is 2. The summed E-state index contributed by atoms with van der Waals surface area (Å²) in [5.74, 6) is -3.72. The fraction of sp³-hybridized carbons (Fsp3) is 0.500. The molecule has 0 radical (unpaired) electrons. The second kappa shape index (κ2) is 11.9. The SMILES string of the molecule is COC(=O)c1cc(Oc2ncc(CN=N)cc2C(F)(F)F)c(F)cc1N(C(=O)[C@H]1CC[C@H](C)CC1)C(C)C. The lowest BCUT2D eigenvalue weighted by molar-refractivity contribution is -0.139. The number of amides is 1. The minimum absolute atomic E-state index is 0.00828. The number of anilines is 1. The number of pyridine rings is 1. The fourth-order valence-electron chi connectivity index (χ4n) is 4.51. The molecular weight excluding hydrogens is 508 g/mol. The average Bonchev–Trinajstić information content (AvgIpc) is 2.85. The molecule has 1 aliphatic carbocycles. The first-order chi connectivity index (χ1) is 17.9. The summed E-state index contributed by atoms with van der Waals surface area (Å²) in [7, 11) is 1.10. The molecule has 1 aromatic carbocycles. The average molecular weight is 539 g/mol. The van der Waals surface area contributed by atoms with Gasteiger partial charge in [0.15, 0.2) is 11.6 Å². The van der Waals surface area contributed by atoms with Gasteiger partial charge in [-0.25, -0.2) is 19.7 Å². The standard InChI is InChI=1S/C26H30F4N4O4/c1-14(2)34(24(35)17-7-5-15(3)6-8-17)21-11-20(27)22(10-18(21)25(36)37-4)38-23-19(26(28,29)30)9-16(12-32-23)13-33-31/h9-12,14-15,17,31H,5-8,13H2,1-4H3/t15-,17-. The Morgan fingerprint density at radius 2 is 1.84 bits per heavy atom. The molecule has 1 aliphatic rings. The van der Waals surface area contributed by atoms with E-state index in [-0.39, 0.29) is 35.2 Å². The molecule has 3 rings (SSSR count). The summed E-state index contributed by atoms with van der Waals surface area (Å²) in [6, 6.07) is 2.06. The molecule has 1 aromatic heterocycles. The van der Waals surface area contributed by atoms with Crippen molar-refractivity contribution in [1.29, 1.82) is 5.53 Å². The van der Waals surface area contributed by atoms with Crippen molar-refractivity contribution in [2.45, 2.75) is 65.2 Å². The highest BCUT2D eigenvalue weighted by Gasteiger charge is 2.37. The normalized spacial score (nSPS) is 17.7. The second-order valence-electron chi connectivity index (χ2n) is 9.66. The van der Waals surface area contributed by atoms with Crippen LogP contribution >= 0.6 is 0 Å². The molecule has 8 nitrogen and oxygen atoms in total. The van der Waals surface area contributed by atoms with Crippen molar-refractivity contribution in [3.63, 3.8) is 0 Å². The van der Waals surface area contributed by atoms with Gasteiger partial charge in [-0.3, -0.25) is 4.79 Å². The zero-order chi connectivity index (χ0) is 28.2. The Labute approximate surface area is 217 Å². The van der Waals surface area contributed by atoms with Crippen LogP contribution in [0.15, 0.2) is 29.5 Å². The van der Waals surface area contributed by atoms with Gasteiger partial charge in [-0.1, -0.05) is 6.92 Å². The molecule has 2 aromatic rings. The number of rotatable bonds is 8. The Morgan fingerprint density at radius 1 is 1.18 bits per heavy atom. The van der Waals surface area contributed by atoms with Crippen LogP contribution in [0.25, 0.3) is 0 Å². The zero-order valence-corrected chi connectivity index (χ0v) is 21.6. The number of benzene rings is 1. The van der Waals surface area contributed by atoms with Crippen LogP contribution in [-0.2, 0) is 22.3 Å². The Hall–Kier alpha value is -3.57. The van der Waals surface area contributed by atoms with Gasteiger partial charge in [0.1, 0.15) is 5.56 Å². The predicted octanol–water partition coefficient (Wildman–Crippen LogP) is 6.92. The van der Waals surface area contributed by atoms with Crippen LogP contribution < -0.4 is 9.64 Å². The van der Waals surface area contributed by atoms with E-state index in [4.69, 9.17) is 15.0 Å². The molecule has 0 bridgehead atoms. The van der Waals surface area contributed by atoms with Crippen LogP contribution in [0.4, 0.5) is 23.2 Å². The predicted molar refractivity (Wildman–Crippen MR) is 130 cm³/mol. The second-order valence-corrected chi connectivity index (χ2v) is 9.66. The van der Waals surface area contributed by atoms with Crippen molar-refractivity contribution in [3.05, 3.63) is 46.9 Å². The van der Waals surface area contributed by atoms with Crippen molar-refractivity contribution in [1.82, 2.24) is 4.98 Å². The molecule has 1 heterocycles. The summed E-state index contributed by atoms with van der Waals surface area (Å²) in [6.07, 6.45) is -0.806.